The van der Waals surface area contributed by atoms with Gasteiger partial charge in [0.2, 0.25) is 5.91 Å². The molecule has 0 saturated heterocycles. The molecular weight excluding hydrogens is 395 g/mol. The van der Waals surface area contributed by atoms with Crippen molar-refractivity contribution in [3.05, 3.63) is 65.1 Å². The molecule has 30 heavy (non-hydrogen) atoms. The van der Waals surface area contributed by atoms with Gasteiger partial charge in [-0.05, 0) is 38.3 Å². The van der Waals surface area contributed by atoms with Gasteiger partial charge in [-0.3, -0.25) is 14.2 Å². The van der Waals surface area contributed by atoms with Gasteiger partial charge in [-0.1, -0.05) is 29.8 Å². The highest BCUT2D eigenvalue weighted by Gasteiger charge is 2.39. The van der Waals surface area contributed by atoms with Gasteiger partial charge in [-0.25, -0.2) is 0 Å². The number of amides is 1. The van der Waals surface area contributed by atoms with Crippen molar-refractivity contribution in [3.63, 3.8) is 0 Å². The summed E-state index contributed by atoms with van der Waals surface area (Å²) >= 11 is 0. The minimum atomic E-state index is -4.54. The maximum atomic E-state index is 13.1. The van der Waals surface area contributed by atoms with Crippen LogP contribution in [0.15, 0.2) is 42.6 Å². The summed E-state index contributed by atoms with van der Waals surface area (Å²) in [6, 6.07) is 9.84. The van der Waals surface area contributed by atoms with E-state index >= 15 is 0 Å². The van der Waals surface area contributed by atoms with Crippen LogP contribution in [0.1, 0.15) is 54.2 Å². The molecule has 1 fully saturated rings. The second-order valence-corrected chi connectivity index (χ2v) is 7.72. The second kappa shape index (κ2) is 7.62. The number of alkyl halides is 3. The number of benzene rings is 1. The van der Waals surface area contributed by atoms with E-state index in [2.05, 4.69) is 21.6 Å². The van der Waals surface area contributed by atoms with Gasteiger partial charge in [0.15, 0.2) is 11.5 Å². The monoisotopic (exact) mass is 417 g/mol. The van der Waals surface area contributed by atoms with E-state index in [1.807, 2.05) is 25.1 Å². The molecule has 2 heterocycles. The van der Waals surface area contributed by atoms with Crippen molar-refractivity contribution < 1.29 is 18.0 Å². The van der Waals surface area contributed by atoms with Gasteiger partial charge in [-0.15, -0.1) is 0 Å². The normalized spacial score (nSPS) is 15.2. The lowest BCUT2D eigenvalue weighted by Crippen LogP contribution is -2.26. The molecule has 158 valence electrons. The first-order valence-electron chi connectivity index (χ1n) is 9.77. The number of rotatable bonds is 6. The molecular formula is C21H22F3N5O. The van der Waals surface area contributed by atoms with Crippen LogP contribution in [0.25, 0.3) is 0 Å². The number of nitrogens with one attached hydrogen (secondary N) is 1. The number of nitrogens with zero attached hydrogens (tertiary/aromatic N) is 4. The van der Waals surface area contributed by atoms with E-state index in [9.17, 15) is 18.0 Å². The SMILES string of the molecule is Cc1cccc(Cn2ccc(NC(=O)C(C)n3nc(C(F)(F)F)cc3C3CC3)n2)c1. The van der Waals surface area contributed by atoms with Crippen LogP contribution in [0.4, 0.5) is 19.0 Å². The van der Waals surface area contributed by atoms with Gasteiger partial charge in [0.1, 0.15) is 6.04 Å². The van der Waals surface area contributed by atoms with Crippen molar-refractivity contribution in [1.29, 1.82) is 0 Å². The Morgan fingerprint density at radius 2 is 2.00 bits per heavy atom. The Labute approximate surface area is 171 Å². The summed E-state index contributed by atoms with van der Waals surface area (Å²) in [5, 5.41) is 10.7. The summed E-state index contributed by atoms with van der Waals surface area (Å²) in [4.78, 5) is 12.7. The van der Waals surface area contributed by atoms with Crippen LogP contribution >= 0.6 is 0 Å². The Hall–Kier alpha value is -3.10. The van der Waals surface area contributed by atoms with Crippen LogP contribution in [-0.2, 0) is 17.5 Å². The third-order valence-corrected chi connectivity index (χ3v) is 5.12. The van der Waals surface area contributed by atoms with Crippen LogP contribution in [-0.4, -0.2) is 25.5 Å². The van der Waals surface area contributed by atoms with Crippen molar-refractivity contribution in [1.82, 2.24) is 19.6 Å². The summed E-state index contributed by atoms with van der Waals surface area (Å²) in [7, 11) is 0. The molecule has 0 aliphatic heterocycles. The predicted molar refractivity (Wildman–Crippen MR) is 105 cm³/mol. The van der Waals surface area contributed by atoms with E-state index in [-0.39, 0.29) is 5.92 Å². The number of halogens is 3. The second-order valence-electron chi connectivity index (χ2n) is 7.72. The summed E-state index contributed by atoms with van der Waals surface area (Å²) in [5.41, 5.74) is 1.71. The van der Waals surface area contributed by atoms with Crippen LogP contribution in [0, 0.1) is 6.92 Å². The van der Waals surface area contributed by atoms with Crippen molar-refractivity contribution in [3.8, 4) is 0 Å². The molecule has 1 N–H and O–H groups in total. The fourth-order valence-electron chi connectivity index (χ4n) is 3.40. The molecule has 1 saturated carbocycles. The lowest BCUT2D eigenvalue weighted by Gasteiger charge is -2.15. The van der Waals surface area contributed by atoms with Gasteiger partial charge in [0.25, 0.3) is 0 Å². The van der Waals surface area contributed by atoms with E-state index in [1.54, 1.807) is 16.9 Å². The fourth-order valence-corrected chi connectivity index (χ4v) is 3.40. The molecule has 0 spiro atoms. The third kappa shape index (κ3) is 4.39. The average molecular weight is 417 g/mol. The van der Waals surface area contributed by atoms with Crippen LogP contribution in [0.2, 0.25) is 0 Å². The topological polar surface area (TPSA) is 64.7 Å². The van der Waals surface area contributed by atoms with Gasteiger partial charge in [-0.2, -0.15) is 23.4 Å². The zero-order valence-electron chi connectivity index (χ0n) is 16.6. The standard InChI is InChI=1S/C21H22F3N5O/c1-13-4-3-5-15(10-13)12-28-9-8-19(27-28)25-20(30)14(2)29-17(16-6-7-16)11-18(26-29)21(22,23)24/h3-5,8-11,14,16H,6-7,12H2,1-2H3,(H,25,27,30). The molecule has 9 heteroatoms. The molecule has 1 aliphatic carbocycles. The predicted octanol–water partition coefficient (Wildman–Crippen LogP) is 4.53. The summed E-state index contributed by atoms with van der Waals surface area (Å²) in [6.07, 6.45) is -1.19. The highest BCUT2D eigenvalue weighted by atomic mass is 19.4. The molecule has 3 aromatic rings. The van der Waals surface area contributed by atoms with E-state index in [1.165, 1.54) is 11.6 Å². The lowest BCUT2D eigenvalue weighted by molar-refractivity contribution is -0.141. The summed E-state index contributed by atoms with van der Waals surface area (Å²) < 4.78 is 42.2. The maximum Gasteiger partial charge on any atom is 0.435 e. The van der Waals surface area contributed by atoms with Crippen LogP contribution < -0.4 is 5.32 Å². The molecule has 0 bridgehead atoms. The van der Waals surface area contributed by atoms with E-state index < -0.39 is 23.8 Å². The molecule has 2 aromatic heterocycles. The minimum Gasteiger partial charge on any atom is -0.307 e. The molecule has 0 radical (unpaired) electrons. The molecule has 1 aliphatic rings. The summed E-state index contributed by atoms with van der Waals surface area (Å²) in [6.45, 7) is 4.10. The average Bonchev–Trinajstić information content (AvgIpc) is 3.26. The number of aryl methyl sites for hydroxylation is 1. The largest absolute Gasteiger partial charge is 0.435 e. The van der Waals surface area contributed by atoms with Gasteiger partial charge in [0.05, 0.1) is 6.54 Å². The van der Waals surface area contributed by atoms with Gasteiger partial charge < -0.3 is 5.32 Å². The fraction of sp³-hybridized carbons (Fsp3) is 0.381. The van der Waals surface area contributed by atoms with Crippen LogP contribution in [0.3, 0.4) is 0 Å². The molecule has 1 amide bonds. The first-order chi connectivity index (χ1) is 14.2. The number of anilines is 1. The number of carbonyl (C=O) groups is 1. The van der Waals surface area contributed by atoms with Gasteiger partial charge >= 0.3 is 6.18 Å². The smallest absolute Gasteiger partial charge is 0.307 e. The Morgan fingerprint density at radius 3 is 2.67 bits per heavy atom. The number of hydrogen-bond acceptors (Lipinski definition) is 3. The molecule has 6 nitrogen and oxygen atoms in total. The first-order valence-corrected chi connectivity index (χ1v) is 9.77. The van der Waals surface area contributed by atoms with E-state index in [0.29, 0.717) is 18.1 Å². The number of aromatic nitrogens is 4. The van der Waals surface area contributed by atoms with E-state index in [0.717, 1.165) is 30.0 Å². The molecule has 1 unspecified atom stereocenters. The third-order valence-electron chi connectivity index (χ3n) is 5.12. The Balaban J connectivity index is 1.47. The highest BCUT2D eigenvalue weighted by molar-refractivity contribution is 5.92. The van der Waals surface area contributed by atoms with Crippen molar-refractivity contribution >= 4 is 11.7 Å². The molecule has 1 atom stereocenters. The van der Waals surface area contributed by atoms with Crippen LogP contribution in [0.5, 0.6) is 0 Å². The lowest BCUT2D eigenvalue weighted by atomic mass is 10.1. The quantitative estimate of drug-likeness (QED) is 0.641. The number of hydrogen-bond donors (Lipinski definition) is 1. The molecule has 1 aromatic carbocycles. The maximum absolute atomic E-state index is 13.1. The number of carbonyl (C=O) groups excluding carboxylic acids is 1. The van der Waals surface area contributed by atoms with Crippen molar-refractivity contribution in [2.75, 3.05) is 5.32 Å². The Bertz CT molecular complexity index is 1060. The minimum absolute atomic E-state index is 0.0254. The highest BCUT2D eigenvalue weighted by Crippen LogP contribution is 2.43. The summed E-state index contributed by atoms with van der Waals surface area (Å²) in [5.74, 6) is -0.0948. The first kappa shape index (κ1) is 20.2. The van der Waals surface area contributed by atoms with E-state index in [4.69, 9.17) is 0 Å². The van der Waals surface area contributed by atoms with Crippen molar-refractivity contribution in [2.24, 2.45) is 0 Å². The zero-order valence-corrected chi connectivity index (χ0v) is 16.6. The Kier molecular flexibility index (Phi) is 5.13. The zero-order chi connectivity index (χ0) is 21.5. The molecule has 4 rings (SSSR count). The van der Waals surface area contributed by atoms with Gasteiger partial charge in [0, 0.05) is 23.9 Å². The van der Waals surface area contributed by atoms with Crippen molar-refractivity contribution in [2.45, 2.75) is 51.4 Å². The Morgan fingerprint density at radius 1 is 1.23 bits per heavy atom.